The largest absolute Gasteiger partial charge is 0.290 e. The molecule has 1 aromatic rings. The first-order valence-corrected chi connectivity index (χ1v) is 7.14. The lowest BCUT2D eigenvalue weighted by Crippen LogP contribution is -2.34. The van der Waals surface area contributed by atoms with Crippen molar-refractivity contribution in [2.45, 2.75) is 19.9 Å². The second kappa shape index (κ2) is 5.72. The van der Waals surface area contributed by atoms with Crippen LogP contribution in [0.3, 0.4) is 0 Å². The van der Waals surface area contributed by atoms with Crippen LogP contribution in [0.5, 0.6) is 0 Å². The average molecular weight is 308 g/mol. The van der Waals surface area contributed by atoms with Gasteiger partial charge in [-0.15, -0.1) is 0 Å². The number of thioether (sulfide) groups is 1. The van der Waals surface area contributed by atoms with Gasteiger partial charge in [0.15, 0.2) is 0 Å². The van der Waals surface area contributed by atoms with Crippen molar-refractivity contribution >= 4 is 46.0 Å². The molecule has 1 heterocycles. The Morgan fingerprint density at radius 1 is 1.35 bits per heavy atom. The maximum Gasteiger partial charge on any atom is 0.269 e. The first-order chi connectivity index (χ1) is 9.40. The van der Waals surface area contributed by atoms with Gasteiger partial charge in [0.25, 0.3) is 11.6 Å². The van der Waals surface area contributed by atoms with Crippen molar-refractivity contribution in [1.29, 1.82) is 0 Å². The van der Waals surface area contributed by atoms with Gasteiger partial charge in [-0.05, 0) is 37.6 Å². The van der Waals surface area contributed by atoms with Crippen molar-refractivity contribution in [3.63, 3.8) is 0 Å². The summed E-state index contributed by atoms with van der Waals surface area (Å²) in [7, 11) is 0. The summed E-state index contributed by atoms with van der Waals surface area (Å²) < 4.78 is 0.540. The molecule has 1 amide bonds. The van der Waals surface area contributed by atoms with E-state index in [0.717, 1.165) is 5.56 Å². The lowest BCUT2D eigenvalue weighted by Gasteiger charge is -2.18. The van der Waals surface area contributed by atoms with Gasteiger partial charge in [0.1, 0.15) is 4.32 Å². The Hall–Kier alpha value is -1.73. The molecule has 0 bridgehead atoms. The molecule has 1 aromatic carbocycles. The lowest BCUT2D eigenvalue weighted by molar-refractivity contribution is -0.384. The van der Waals surface area contributed by atoms with E-state index in [1.165, 1.54) is 23.9 Å². The van der Waals surface area contributed by atoms with E-state index < -0.39 is 4.92 Å². The van der Waals surface area contributed by atoms with Gasteiger partial charge in [-0.3, -0.25) is 19.8 Å². The molecule has 1 saturated heterocycles. The monoisotopic (exact) mass is 308 g/mol. The van der Waals surface area contributed by atoms with E-state index in [2.05, 4.69) is 0 Å². The number of nitro groups is 1. The summed E-state index contributed by atoms with van der Waals surface area (Å²) in [5.74, 6) is -0.117. The molecule has 0 aliphatic carbocycles. The highest BCUT2D eigenvalue weighted by Crippen LogP contribution is 2.33. The summed E-state index contributed by atoms with van der Waals surface area (Å²) in [5.41, 5.74) is 0.761. The van der Waals surface area contributed by atoms with Crippen LogP contribution in [0.15, 0.2) is 29.2 Å². The second-order valence-corrected chi connectivity index (χ2v) is 6.17. The minimum Gasteiger partial charge on any atom is -0.290 e. The number of nitro benzene ring substituents is 1. The topological polar surface area (TPSA) is 63.5 Å². The fourth-order valence-electron chi connectivity index (χ4n) is 1.77. The fourth-order valence-corrected chi connectivity index (χ4v) is 3.29. The van der Waals surface area contributed by atoms with E-state index in [1.54, 1.807) is 23.1 Å². The number of non-ortho nitro benzene ring substituents is 1. The Balaban J connectivity index is 2.26. The van der Waals surface area contributed by atoms with Crippen molar-refractivity contribution < 1.29 is 9.72 Å². The van der Waals surface area contributed by atoms with E-state index >= 15 is 0 Å². The smallest absolute Gasteiger partial charge is 0.269 e. The van der Waals surface area contributed by atoms with Crippen LogP contribution in [0.2, 0.25) is 0 Å². The summed E-state index contributed by atoms with van der Waals surface area (Å²) in [4.78, 5) is 24.4. The molecule has 0 N–H and O–H groups in total. The maximum atomic E-state index is 12.2. The number of thiocarbonyl (C=S) groups is 1. The Kier molecular flexibility index (Phi) is 4.20. The molecular formula is C13H12N2O3S2. The van der Waals surface area contributed by atoms with Gasteiger partial charge < -0.3 is 0 Å². The summed E-state index contributed by atoms with van der Waals surface area (Å²) in [6.07, 6.45) is 1.70. The number of hydrogen-bond acceptors (Lipinski definition) is 5. The first kappa shape index (κ1) is 14.7. The van der Waals surface area contributed by atoms with Gasteiger partial charge in [0, 0.05) is 18.2 Å². The Morgan fingerprint density at radius 3 is 2.40 bits per heavy atom. The van der Waals surface area contributed by atoms with Crippen molar-refractivity contribution in [3.8, 4) is 0 Å². The van der Waals surface area contributed by atoms with Crippen molar-refractivity contribution in [3.05, 3.63) is 44.8 Å². The summed E-state index contributed by atoms with van der Waals surface area (Å²) in [6.45, 7) is 3.80. The number of carbonyl (C=O) groups excluding carboxylic acids is 1. The zero-order valence-corrected chi connectivity index (χ0v) is 12.5. The molecule has 0 radical (unpaired) electrons. The second-order valence-electron chi connectivity index (χ2n) is 4.49. The van der Waals surface area contributed by atoms with Gasteiger partial charge in [-0.2, -0.15) is 0 Å². The normalized spacial score (nSPS) is 17.4. The maximum absolute atomic E-state index is 12.2. The highest BCUT2D eigenvalue weighted by molar-refractivity contribution is 8.26. The third-order valence-electron chi connectivity index (χ3n) is 2.74. The molecule has 1 aliphatic heterocycles. The lowest BCUT2D eigenvalue weighted by atomic mass is 10.2. The molecule has 20 heavy (non-hydrogen) atoms. The number of nitrogens with zero attached hydrogens (tertiary/aromatic N) is 2. The molecule has 0 unspecified atom stereocenters. The number of rotatable bonds is 3. The minimum absolute atomic E-state index is 0.0188. The SMILES string of the molecule is CC(C)N1C(=O)/C(=C/c2ccc([N+](=O)[O-])cc2)SC1=S. The number of carbonyl (C=O) groups is 1. The van der Waals surface area contributed by atoms with Crippen LogP contribution in [-0.2, 0) is 4.79 Å². The van der Waals surface area contributed by atoms with Crippen molar-refractivity contribution in [1.82, 2.24) is 4.90 Å². The number of amides is 1. The van der Waals surface area contributed by atoms with Gasteiger partial charge >= 0.3 is 0 Å². The van der Waals surface area contributed by atoms with E-state index in [4.69, 9.17) is 12.2 Å². The molecular weight excluding hydrogens is 296 g/mol. The first-order valence-electron chi connectivity index (χ1n) is 5.91. The highest BCUT2D eigenvalue weighted by atomic mass is 32.2. The summed E-state index contributed by atoms with van der Waals surface area (Å²) in [5, 5.41) is 10.6. The fraction of sp³-hybridized carbons (Fsp3) is 0.231. The zero-order valence-electron chi connectivity index (χ0n) is 10.9. The molecule has 0 aromatic heterocycles. The van der Waals surface area contributed by atoms with Gasteiger partial charge in [-0.25, -0.2) is 0 Å². The van der Waals surface area contributed by atoms with Crippen LogP contribution in [0.25, 0.3) is 6.08 Å². The third-order valence-corrected chi connectivity index (χ3v) is 4.07. The van der Waals surface area contributed by atoms with Crippen LogP contribution in [0, 0.1) is 10.1 Å². The van der Waals surface area contributed by atoms with Crippen LogP contribution in [0.4, 0.5) is 5.69 Å². The zero-order chi connectivity index (χ0) is 14.9. The molecule has 104 valence electrons. The van der Waals surface area contributed by atoms with E-state index in [9.17, 15) is 14.9 Å². The van der Waals surface area contributed by atoms with Crippen LogP contribution >= 0.6 is 24.0 Å². The standard InChI is InChI=1S/C13H12N2O3S2/c1-8(2)14-12(16)11(20-13(14)19)7-9-3-5-10(6-4-9)15(17)18/h3-8H,1-2H3/b11-7-. The van der Waals surface area contributed by atoms with Gasteiger partial charge in [-0.1, -0.05) is 24.0 Å². The third kappa shape index (κ3) is 2.88. The molecule has 2 rings (SSSR count). The van der Waals surface area contributed by atoms with Crippen molar-refractivity contribution in [2.75, 3.05) is 0 Å². The van der Waals surface area contributed by atoms with Crippen molar-refractivity contribution in [2.24, 2.45) is 0 Å². The number of benzene rings is 1. The van der Waals surface area contributed by atoms with Crippen LogP contribution < -0.4 is 0 Å². The molecule has 5 nitrogen and oxygen atoms in total. The molecule has 7 heteroatoms. The van der Waals surface area contributed by atoms with Gasteiger partial charge in [0.05, 0.1) is 9.83 Å². The Morgan fingerprint density at radius 2 is 1.95 bits per heavy atom. The van der Waals surface area contributed by atoms with Crippen LogP contribution in [-0.4, -0.2) is 26.1 Å². The van der Waals surface area contributed by atoms with E-state index in [0.29, 0.717) is 9.23 Å². The van der Waals surface area contributed by atoms with E-state index in [-0.39, 0.29) is 17.6 Å². The Labute approximate surface area is 125 Å². The molecule has 0 spiro atoms. The quantitative estimate of drug-likeness (QED) is 0.371. The predicted octanol–water partition coefficient (Wildman–Crippen LogP) is 3.20. The molecule has 1 aliphatic rings. The summed E-state index contributed by atoms with van der Waals surface area (Å²) >= 11 is 6.43. The Bertz CT molecular complexity index is 609. The molecule has 0 atom stereocenters. The molecule has 0 saturated carbocycles. The predicted molar refractivity (Wildman–Crippen MR) is 83.2 cm³/mol. The highest BCUT2D eigenvalue weighted by Gasteiger charge is 2.33. The average Bonchev–Trinajstić information content (AvgIpc) is 2.65. The van der Waals surface area contributed by atoms with E-state index in [1.807, 2.05) is 13.8 Å². The number of hydrogen-bond donors (Lipinski definition) is 0. The van der Waals surface area contributed by atoms with Crippen LogP contribution in [0.1, 0.15) is 19.4 Å². The molecule has 1 fully saturated rings. The minimum atomic E-state index is -0.456. The van der Waals surface area contributed by atoms with Gasteiger partial charge in [0.2, 0.25) is 0 Å². The summed E-state index contributed by atoms with van der Waals surface area (Å²) in [6, 6.07) is 6.06.